The number of allylic oxidation sites excluding steroid dienone is 2. The van der Waals surface area contributed by atoms with Gasteiger partial charge < -0.3 is 18.8 Å². The van der Waals surface area contributed by atoms with E-state index < -0.39 is 0 Å². The lowest BCUT2D eigenvalue weighted by molar-refractivity contribution is 0.0918. The van der Waals surface area contributed by atoms with E-state index in [1.165, 1.54) is 13.2 Å². The molecule has 124 valence electrons. The van der Waals surface area contributed by atoms with E-state index in [-0.39, 0.29) is 17.3 Å². The van der Waals surface area contributed by atoms with Gasteiger partial charge in [0.25, 0.3) is 0 Å². The van der Waals surface area contributed by atoms with E-state index in [2.05, 4.69) is 0 Å². The summed E-state index contributed by atoms with van der Waals surface area (Å²) in [5.74, 6) is 0.618. The molecule has 1 aliphatic rings. The van der Waals surface area contributed by atoms with Crippen LogP contribution in [0.3, 0.4) is 0 Å². The first-order valence-corrected chi connectivity index (χ1v) is 7.28. The van der Waals surface area contributed by atoms with Crippen LogP contribution in [0.15, 0.2) is 36.2 Å². The molecule has 0 radical (unpaired) electrons. The number of ketones is 2. The molecule has 0 aliphatic heterocycles. The van der Waals surface area contributed by atoms with Crippen molar-refractivity contribution in [2.75, 3.05) is 21.3 Å². The number of carbonyl (C=O) groups excluding carboxylic acids is 2. The van der Waals surface area contributed by atoms with Gasteiger partial charge in [0.2, 0.25) is 5.78 Å². The second kappa shape index (κ2) is 5.88. The van der Waals surface area contributed by atoms with E-state index >= 15 is 0 Å². The minimum Gasteiger partial charge on any atom is -0.493 e. The van der Waals surface area contributed by atoms with Crippen LogP contribution in [0.1, 0.15) is 20.7 Å². The minimum absolute atomic E-state index is 0.0421. The molecular formula is C18H17NO5. The summed E-state index contributed by atoms with van der Waals surface area (Å²) < 4.78 is 17.4. The zero-order valence-corrected chi connectivity index (χ0v) is 13.9. The molecule has 6 heteroatoms. The van der Waals surface area contributed by atoms with Crippen LogP contribution in [0.2, 0.25) is 0 Å². The predicted molar refractivity (Wildman–Crippen MR) is 87.7 cm³/mol. The van der Waals surface area contributed by atoms with E-state index in [1.807, 2.05) is 6.07 Å². The number of benzene rings is 1. The largest absolute Gasteiger partial charge is 0.493 e. The molecule has 1 aromatic carbocycles. The standard InChI is InChI=1S/C18H17NO5/c1-19-9-11-12(20)8-15(24-4)18(21)16(11)17(19)10-5-6-13(22-2)14(7-10)23-3/h5-9H,1-4H3. The molecule has 6 nitrogen and oxygen atoms in total. The minimum atomic E-state index is -0.308. The number of hydrogen-bond acceptors (Lipinski definition) is 5. The van der Waals surface area contributed by atoms with Crippen molar-refractivity contribution in [1.82, 2.24) is 4.57 Å². The lowest BCUT2D eigenvalue weighted by Gasteiger charge is -2.14. The van der Waals surface area contributed by atoms with E-state index in [0.29, 0.717) is 28.3 Å². The van der Waals surface area contributed by atoms with Crippen LogP contribution in [0, 0.1) is 0 Å². The first kappa shape index (κ1) is 15.9. The lowest BCUT2D eigenvalue weighted by atomic mass is 9.93. The second-order valence-electron chi connectivity index (χ2n) is 5.35. The summed E-state index contributed by atoms with van der Waals surface area (Å²) in [7, 11) is 6.26. The van der Waals surface area contributed by atoms with Gasteiger partial charge in [-0.3, -0.25) is 9.59 Å². The first-order chi connectivity index (χ1) is 11.5. The average Bonchev–Trinajstić information content (AvgIpc) is 2.95. The van der Waals surface area contributed by atoms with Gasteiger partial charge in [-0.25, -0.2) is 0 Å². The van der Waals surface area contributed by atoms with Crippen LogP contribution in [0.4, 0.5) is 0 Å². The van der Waals surface area contributed by atoms with Crippen LogP contribution in [-0.4, -0.2) is 37.5 Å². The maximum absolute atomic E-state index is 12.7. The van der Waals surface area contributed by atoms with Crippen molar-refractivity contribution in [2.24, 2.45) is 7.05 Å². The molecule has 3 rings (SSSR count). The van der Waals surface area contributed by atoms with Crippen LogP contribution in [-0.2, 0) is 11.8 Å². The van der Waals surface area contributed by atoms with Crippen LogP contribution >= 0.6 is 0 Å². The number of fused-ring (bicyclic) bond motifs is 1. The highest BCUT2D eigenvalue weighted by Crippen LogP contribution is 2.37. The molecule has 0 N–H and O–H groups in total. The highest BCUT2D eigenvalue weighted by Gasteiger charge is 2.32. The molecule has 0 amide bonds. The summed E-state index contributed by atoms with van der Waals surface area (Å²) in [6.07, 6.45) is 2.88. The van der Waals surface area contributed by atoms with Crippen LogP contribution in [0.5, 0.6) is 11.5 Å². The summed E-state index contributed by atoms with van der Waals surface area (Å²) in [4.78, 5) is 24.9. The van der Waals surface area contributed by atoms with Crippen molar-refractivity contribution in [3.05, 3.63) is 47.4 Å². The third-order valence-corrected chi connectivity index (χ3v) is 4.04. The zero-order valence-electron chi connectivity index (χ0n) is 13.9. The van der Waals surface area contributed by atoms with Crippen molar-refractivity contribution in [3.63, 3.8) is 0 Å². The molecule has 1 heterocycles. The number of Topliss-reactive ketones (excluding diaryl/α,β-unsaturated/α-hetero) is 1. The van der Waals surface area contributed by atoms with Crippen molar-refractivity contribution < 1.29 is 23.8 Å². The fourth-order valence-corrected chi connectivity index (χ4v) is 2.91. The van der Waals surface area contributed by atoms with E-state index in [9.17, 15) is 9.59 Å². The van der Waals surface area contributed by atoms with Gasteiger partial charge in [-0.05, 0) is 18.2 Å². The molecule has 0 saturated carbocycles. The van der Waals surface area contributed by atoms with Gasteiger partial charge in [0.15, 0.2) is 23.0 Å². The third-order valence-electron chi connectivity index (χ3n) is 4.04. The Hall–Kier alpha value is -3.02. The molecule has 0 saturated heterocycles. The number of ether oxygens (including phenoxy) is 3. The van der Waals surface area contributed by atoms with E-state index in [0.717, 1.165) is 5.56 Å². The van der Waals surface area contributed by atoms with Crippen LogP contribution < -0.4 is 9.47 Å². The fraction of sp³-hybridized carbons (Fsp3) is 0.222. The number of carbonyl (C=O) groups is 2. The molecule has 0 bridgehead atoms. The lowest BCUT2D eigenvalue weighted by Crippen LogP contribution is -2.17. The van der Waals surface area contributed by atoms with Gasteiger partial charge in [0.1, 0.15) is 0 Å². The number of rotatable bonds is 4. The van der Waals surface area contributed by atoms with Crippen LogP contribution in [0.25, 0.3) is 11.3 Å². The molecule has 0 atom stereocenters. The highest BCUT2D eigenvalue weighted by atomic mass is 16.5. The number of methoxy groups -OCH3 is 3. The topological polar surface area (TPSA) is 66.8 Å². The number of aryl methyl sites for hydroxylation is 1. The fourth-order valence-electron chi connectivity index (χ4n) is 2.91. The Morgan fingerprint density at radius 2 is 1.67 bits per heavy atom. The summed E-state index contributed by atoms with van der Waals surface area (Å²) in [6.45, 7) is 0. The SMILES string of the molecule is COC1=CC(=O)c2cn(C)c(-c3ccc(OC)c(OC)c3)c2C1=O. The molecule has 0 spiro atoms. The number of hydrogen-bond donors (Lipinski definition) is 0. The van der Waals surface area contributed by atoms with Crippen molar-refractivity contribution in [2.45, 2.75) is 0 Å². The zero-order chi connectivity index (χ0) is 17.4. The predicted octanol–water partition coefficient (Wildman–Crippen LogP) is 2.62. The number of nitrogens with zero attached hydrogens (tertiary/aromatic N) is 1. The third kappa shape index (κ3) is 2.27. The van der Waals surface area contributed by atoms with Gasteiger partial charge in [0.05, 0.1) is 38.2 Å². The smallest absolute Gasteiger partial charge is 0.230 e. The van der Waals surface area contributed by atoms with E-state index in [4.69, 9.17) is 14.2 Å². The van der Waals surface area contributed by atoms with Crippen molar-refractivity contribution in [3.8, 4) is 22.8 Å². The van der Waals surface area contributed by atoms with Gasteiger partial charge in [0, 0.05) is 24.9 Å². The monoisotopic (exact) mass is 327 g/mol. The Morgan fingerprint density at radius 3 is 2.29 bits per heavy atom. The van der Waals surface area contributed by atoms with Crippen molar-refractivity contribution in [1.29, 1.82) is 0 Å². The number of aromatic nitrogens is 1. The normalized spacial score (nSPS) is 13.4. The van der Waals surface area contributed by atoms with Gasteiger partial charge in [-0.2, -0.15) is 0 Å². The van der Waals surface area contributed by atoms with Gasteiger partial charge in [-0.15, -0.1) is 0 Å². The highest BCUT2D eigenvalue weighted by molar-refractivity contribution is 6.26. The first-order valence-electron chi connectivity index (χ1n) is 7.28. The Balaban J connectivity index is 2.22. The maximum Gasteiger partial charge on any atom is 0.230 e. The quantitative estimate of drug-likeness (QED) is 0.863. The summed E-state index contributed by atoms with van der Waals surface area (Å²) in [5, 5.41) is 0. The Bertz CT molecular complexity index is 876. The Kier molecular flexibility index (Phi) is 3.89. The van der Waals surface area contributed by atoms with Crippen molar-refractivity contribution >= 4 is 11.6 Å². The summed E-state index contributed by atoms with van der Waals surface area (Å²) in [5.41, 5.74) is 2.09. The van der Waals surface area contributed by atoms with E-state index in [1.54, 1.807) is 44.2 Å². The Labute approximate surface area is 139 Å². The molecule has 2 aromatic rings. The molecule has 0 unspecified atom stereocenters. The molecule has 1 aliphatic carbocycles. The molecule has 0 fully saturated rings. The summed E-state index contributed by atoms with van der Waals surface area (Å²) in [6, 6.07) is 5.35. The molecule has 24 heavy (non-hydrogen) atoms. The average molecular weight is 327 g/mol. The second-order valence-corrected chi connectivity index (χ2v) is 5.35. The Morgan fingerprint density at radius 1 is 0.958 bits per heavy atom. The maximum atomic E-state index is 12.7. The molecule has 1 aromatic heterocycles. The molecular weight excluding hydrogens is 310 g/mol. The van der Waals surface area contributed by atoms with Gasteiger partial charge in [-0.1, -0.05) is 0 Å². The summed E-state index contributed by atoms with van der Waals surface area (Å²) >= 11 is 0. The van der Waals surface area contributed by atoms with Gasteiger partial charge >= 0.3 is 0 Å².